The summed E-state index contributed by atoms with van der Waals surface area (Å²) < 4.78 is 17.2. The number of hydrogen-bond donors (Lipinski definition) is 0. The van der Waals surface area contributed by atoms with Gasteiger partial charge in [0.05, 0.1) is 38.2 Å². The molecule has 27 heavy (non-hydrogen) atoms. The Morgan fingerprint density at radius 3 is 2.44 bits per heavy atom. The molecule has 1 aromatic carbocycles. The molecule has 0 spiro atoms. The van der Waals surface area contributed by atoms with Crippen molar-refractivity contribution in [2.45, 2.75) is 26.8 Å². The van der Waals surface area contributed by atoms with Crippen LogP contribution >= 0.6 is 0 Å². The quantitative estimate of drug-likeness (QED) is 0.749. The van der Waals surface area contributed by atoms with Gasteiger partial charge in [-0.1, -0.05) is 0 Å². The van der Waals surface area contributed by atoms with E-state index in [1.54, 1.807) is 30.5 Å². The average molecular weight is 373 g/mol. The molecule has 0 unspecified atom stereocenters. The van der Waals surface area contributed by atoms with Crippen molar-refractivity contribution in [1.29, 1.82) is 0 Å². The standard InChI is InChI=1S/C19H23N3O5/c1-4-26-18(23)17-15-12-21(19(24)27-5-2)11-10-16(15)22(20-17)13-6-8-14(25-3)9-7-13/h6-9H,4-5,10-12H2,1-3H3. The molecule has 0 aliphatic carbocycles. The third-order valence-corrected chi connectivity index (χ3v) is 4.37. The molecule has 1 amide bonds. The second-order valence-corrected chi connectivity index (χ2v) is 5.97. The summed E-state index contributed by atoms with van der Waals surface area (Å²) in [6, 6.07) is 7.42. The molecule has 0 saturated carbocycles. The first-order valence-corrected chi connectivity index (χ1v) is 8.93. The third-order valence-electron chi connectivity index (χ3n) is 4.37. The van der Waals surface area contributed by atoms with Gasteiger partial charge in [-0.25, -0.2) is 14.3 Å². The summed E-state index contributed by atoms with van der Waals surface area (Å²) in [6.45, 7) is 4.83. The minimum atomic E-state index is -0.494. The summed E-state index contributed by atoms with van der Waals surface area (Å²) in [4.78, 5) is 26.1. The number of ether oxygens (including phenoxy) is 3. The third kappa shape index (κ3) is 3.74. The number of nitrogens with zero attached hydrogens (tertiary/aromatic N) is 3. The number of aromatic nitrogens is 2. The maximum atomic E-state index is 12.4. The van der Waals surface area contributed by atoms with Crippen LogP contribution in [0.2, 0.25) is 0 Å². The predicted octanol–water partition coefficient (Wildman–Crippen LogP) is 2.57. The van der Waals surface area contributed by atoms with Gasteiger partial charge in [0, 0.05) is 18.5 Å². The Morgan fingerprint density at radius 1 is 1.11 bits per heavy atom. The molecule has 0 atom stereocenters. The van der Waals surface area contributed by atoms with E-state index < -0.39 is 12.1 Å². The fraction of sp³-hybridized carbons (Fsp3) is 0.421. The largest absolute Gasteiger partial charge is 0.497 e. The number of rotatable bonds is 5. The van der Waals surface area contributed by atoms with E-state index >= 15 is 0 Å². The lowest BCUT2D eigenvalue weighted by Gasteiger charge is -2.26. The first kappa shape index (κ1) is 18.8. The molecule has 2 aromatic rings. The maximum Gasteiger partial charge on any atom is 0.410 e. The van der Waals surface area contributed by atoms with Crippen molar-refractivity contribution in [2.24, 2.45) is 0 Å². The van der Waals surface area contributed by atoms with Gasteiger partial charge in [0.15, 0.2) is 5.69 Å². The van der Waals surface area contributed by atoms with Crippen molar-refractivity contribution in [3.8, 4) is 11.4 Å². The number of fused-ring (bicyclic) bond motifs is 1. The molecule has 0 bridgehead atoms. The summed E-state index contributed by atoms with van der Waals surface area (Å²) in [7, 11) is 1.60. The van der Waals surface area contributed by atoms with Crippen LogP contribution in [0.5, 0.6) is 5.75 Å². The van der Waals surface area contributed by atoms with Crippen molar-refractivity contribution >= 4 is 12.1 Å². The van der Waals surface area contributed by atoms with Crippen LogP contribution in [0.1, 0.15) is 35.6 Å². The van der Waals surface area contributed by atoms with Crippen LogP contribution in [-0.2, 0) is 22.4 Å². The highest BCUT2D eigenvalue weighted by Gasteiger charge is 2.31. The maximum absolute atomic E-state index is 12.4. The molecule has 1 aromatic heterocycles. The van der Waals surface area contributed by atoms with E-state index in [1.165, 1.54) is 0 Å². The molecule has 144 valence electrons. The van der Waals surface area contributed by atoms with E-state index in [0.717, 1.165) is 17.1 Å². The molecule has 1 aliphatic heterocycles. The normalized spacial score (nSPS) is 13.1. The van der Waals surface area contributed by atoms with Crippen LogP contribution in [0.25, 0.3) is 5.69 Å². The molecule has 3 rings (SSSR count). The van der Waals surface area contributed by atoms with E-state index in [-0.39, 0.29) is 18.8 Å². The molecule has 0 N–H and O–H groups in total. The van der Waals surface area contributed by atoms with E-state index in [9.17, 15) is 9.59 Å². The van der Waals surface area contributed by atoms with Crippen LogP contribution in [0.3, 0.4) is 0 Å². The van der Waals surface area contributed by atoms with Crippen molar-refractivity contribution < 1.29 is 23.8 Å². The number of hydrogen-bond acceptors (Lipinski definition) is 6. The van der Waals surface area contributed by atoms with Gasteiger partial charge < -0.3 is 19.1 Å². The Morgan fingerprint density at radius 2 is 1.81 bits per heavy atom. The highest BCUT2D eigenvalue weighted by atomic mass is 16.6. The van der Waals surface area contributed by atoms with Crippen LogP contribution < -0.4 is 4.74 Å². The molecule has 8 heteroatoms. The predicted molar refractivity (Wildman–Crippen MR) is 97.2 cm³/mol. The van der Waals surface area contributed by atoms with Gasteiger partial charge in [0.2, 0.25) is 0 Å². The van der Waals surface area contributed by atoms with E-state index in [0.29, 0.717) is 25.1 Å². The Bertz CT molecular complexity index is 829. The van der Waals surface area contributed by atoms with Crippen molar-refractivity contribution in [3.05, 3.63) is 41.2 Å². The summed E-state index contributed by atoms with van der Waals surface area (Å²) in [5.74, 6) is 0.241. The van der Waals surface area contributed by atoms with Gasteiger partial charge in [-0.05, 0) is 38.1 Å². The zero-order valence-electron chi connectivity index (χ0n) is 15.7. The first-order chi connectivity index (χ1) is 13.1. The summed E-state index contributed by atoms with van der Waals surface area (Å²) in [5.41, 5.74) is 2.64. The van der Waals surface area contributed by atoms with Gasteiger partial charge in [-0.2, -0.15) is 5.10 Å². The van der Waals surface area contributed by atoms with Gasteiger partial charge in [0.25, 0.3) is 0 Å². The number of carbonyl (C=O) groups is 2. The summed E-state index contributed by atoms with van der Waals surface area (Å²) in [6.07, 6.45) is 0.169. The second kappa shape index (κ2) is 8.11. The molecule has 2 heterocycles. The van der Waals surface area contributed by atoms with Crippen molar-refractivity contribution in [3.63, 3.8) is 0 Å². The Kier molecular flexibility index (Phi) is 5.63. The molecular formula is C19H23N3O5. The van der Waals surface area contributed by atoms with Crippen LogP contribution in [0, 0.1) is 0 Å². The number of amides is 1. The van der Waals surface area contributed by atoms with Gasteiger partial charge in [0.1, 0.15) is 5.75 Å². The van der Waals surface area contributed by atoms with Crippen molar-refractivity contribution in [2.75, 3.05) is 26.9 Å². The van der Waals surface area contributed by atoms with E-state index in [4.69, 9.17) is 14.2 Å². The smallest absolute Gasteiger partial charge is 0.410 e. The number of methoxy groups -OCH3 is 1. The summed E-state index contributed by atoms with van der Waals surface area (Å²) in [5, 5.41) is 4.50. The second-order valence-electron chi connectivity index (χ2n) is 5.97. The molecule has 0 fully saturated rings. The number of benzene rings is 1. The highest BCUT2D eigenvalue weighted by Crippen LogP contribution is 2.27. The van der Waals surface area contributed by atoms with Gasteiger partial charge in [-0.3, -0.25) is 0 Å². The summed E-state index contributed by atoms with van der Waals surface area (Å²) >= 11 is 0. The zero-order valence-corrected chi connectivity index (χ0v) is 15.7. The van der Waals surface area contributed by atoms with E-state index in [2.05, 4.69) is 5.10 Å². The number of carbonyl (C=O) groups excluding carboxylic acids is 2. The van der Waals surface area contributed by atoms with Crippen LogP contribution in [-0.4, -0.2) is 53.6 Å². The lowest BCUT2D eigenvalue weighted by atomic mass is 10.1. The minimum Gasteiger partial charge on any atom is -0.497 e. The Labute approximate surface area is 157 Å². The number of esters is 1. The fourth-order valence-electron chi connectivity index (χ4n) is 3.09. The van der Waals surface area contributed by atoms with Gasteiger partial charge in [-0.15, -0.1) is 0 Å². The van der Waals surface area contributed by atoms with Crippen molar-refractivity contribution in [1.82, 2.24) is 14.7 Å². The average Bonchev–Trinajstić information content (AvgIpc) is 3.07. The Balaban J connectivity index is 2.00. The lowest BCUT2D eigenvalue weighted by Crippen LogP contribution is -2.37. The lowest BCUT2D eigenvalue weighted by molar-refractivity contribution is 0.0514. The fourth-order valence-corrected chi connectivity index (χ4v) is 3.09. The molecule has 0 saturated heterocycles. The highest BCUT2D eigenvalue weighted by molar-refractivity contribution is 5.89. The van der Waals surface area contributed by atoms with E-state index in [1.807, 2.05) is 24.3 Å². The topological polar surface area (TPSA) is 82.9 Å². The van der Waals surface area contributed by atoms with Gasteiger partial charge >= 0.3 is 12.1 Å². The monoisotopic (exact) mass is 373 g/mol. The molecule has 8 nitrogen and oxygen atoms in total. The molecular weight excluding hydrogens is 350 g/mol. The first-order valence-electron chi connectivity index (χ1n) is 8.93. The molecule has 0 radical (unpaired) electrons. The van der Waals surface area contributed by atoms with Crippen LogP contribution in [0.4, 0.5) is 4.79 Å². The Hall–Kier alpha value is -3.03. The zero-order chi connectivity index (χ0) is 19.4. The molecule has 1 aliphatic rings. The SMILES string of the molecule is CCOC(=O)c1nn(-c2ccc(OC)cc2)c2c1CN(C(=O)OCC)CC2. The van der Waals surface area contributed by atoms with Crippen LogP contribution in [0.15, 0.2) is 24.3 Å². The minimum absolute atomic E-state index is 0.233.